The van der Waals surface area contributed by atoms with Gasteiger partial charge in [0.15, 0.2) is 0 Å². The van der Waals surface area contributed by atoms with E-state index in [0.717, 1.165) is 19.0 Å². The van der Waals surface area contributed by atoms with Crippen molar-refractivity contribution in [1.82, 2.24) is 9.21 Å². The van der Waals surface area contributed by atoms with Crippen LogP contribution in [-0.4, -0.2) is 50.3 Å². The van der Waals surface area contributed by atoms with Crippen molar-refractivity contribution in [2.24, 2.45) is 0 Å². The van der Waals surface area contributed by atoms with Crippen LogP contribution in [0.3, 0.4) is 0 Å². The molecule has 0 bridgehead atoms. The Balaban J connectivity index is 2.22. The number of rotatable bonds is 4. The molecule has 21 heavy (non-hydrogen) atoms. The highest BCUT2D eigenvalue weighted by atomic mass is 32.2. The molecule has 118 valence electrons. The number of hydrogen-bond acceptors (Lipinski definition) is 4. The van der Waals surface area contributed by atoms with E-state index in [2.05, 4.69) is 11.8 Å². The van der Waals surface area contributed by atoms with Crippen molar-refractivity contribution in [3.05, 3.63) is 23.8 Å². The van der Waals surface area contributed by atoms with Gasteiger partial charge in [-0.15, -0.1) is 0 Å². The second-order valence-corrected chi connectivity index (χ2v) is 6.96. The number of benzene rings is 1. The van der Waals surface area contributed by atoms with E-state index in [1.807, 2.05) is 0 Å². The summed E-state index contributed by atoms with van der Waals surface area (Å²) in [6.45, 7) is 4.75. The van der Waals surface area contributed by atoms with E-state index in [-0.39, 0.29) is 5.69 Å². The molecule has 0 aliphatic carbocycles. The molecule has 0 amide bonds. The molecule has 1 heterocycles. The predicted molar refractivity (Wildman–Crippen MR) is 76.3 cm³/mol. The molecule has 2 rings (SSSR count). The number of nitrogens with zero attached hydrogens (tertiary/aromatic N) is 2. The van der Waals surface area contributed by atoms with Crippen molar-refractivity contribution < 1.29 is 17.2 Å². The maximum Gasteiger partial charge on any atom is 0.246 e. The normalized spacial score (nSPS) is 18.0. The van der Waals surface area contributed by atoms with Gasteiger partial charge in [0.1, 0.15) is 16.5 Å². The molecule has 5 nitrogen and oxygen atoms in total. The average molecular weight is 319 g/mol. The first-order valence-electron chi connectivity index (χ1n) is 6.83. The third-order valence-electron chi connectivity index (χ3n) is 3.54. The molecule has 1 fully saturated rings. The van der Waals surface area contributed by atoms with Gasteiger partial charge in [0.2, 0.25) is 10.0 Å². The highest BCUT2D eigenvalue weighted by Gasteiger charge is 2.31. The number of anilines is 1. The lowest BCUT2D eigenvalue weighted by Gasteiger charge is -2.33. The molecule has 0 unspecified atom stereocenters. The Hall–Kier alpha value is -1.25. The van der Waals surface area contributed by atoms with Crippen LogP contribution in [0.1, 0.15) is 13.3 Å². The van der Waals surface area contributed by atoms with Gasteiger partial charge >= 0.3 is 0 Å². The molecule has 2 N–H and O–H groups in total. The number of hydrogen-bond donors (Lipinski definition) is 1. The number of nitrogens with two attached hydrogens (primary N) is 1. The van der Waals surface area contributed by atoms with Crippen molar-refractivity contribution in [3.8, 4) is 0 Å². The summed E-state index contributed by atoms with van der Waals surface area (Å²) in [6, 6.07) is 1.36. The fraction of sp³-hybridized carbons (Fsp3) is 0.538. The van der Waals surface area contributed by atoms with Crippen molar-refractivity contribution in [3.63, 3.8) is 0 Å². The fourth-order valence-electron chi connectivity index (χ4n) is 2.39. The molecule has 1 saturated heterocycles. The first-order chi connectivity index (χ1) is 9.86. The van der Waals surface area contributed by atoms with Gasteiger partial charge in [-0.2, -0.15) is 4.31 Å². The van der Waals surface area contributed by atoms with Crippen LogP contribution in [0.25, 0.3) is 0 Å². The second-order valence-electron chi connectivity index (χ2n) is 5.05. The molecule has 0 spiro atoms. The summed E-state index contributed by atoms with van der Waals surface area (Å²) in [6.07, 6.45) is 0.996. The fourth-order valence-corrected chi connectivity index (χ4v) is 3.89. The van der Waals surface area contributed by atoms with E-state index in [1.54, 1.807) is 0 Å². The standard InChI is InChI=1S/C13H19F2N3O2S/c1-2-3-17-4-6-18(7-5-17)21(19,20)13-9-12(16)10(14)8-11(13)15/h8-9H,2-7,16H2,1H3. The number of nitrogen functional groups attached to an aromatic ring is 1. The highest BCUT2D eigenvalue weighted by Crippen LogP contribution is 2.24. The maximum atomic E-state index is 13.8. The molecule has 1 aromatic carbocycles. The summed E-state index contributed by atoms with van der Waals surface area (Å²) >= 11 is 0. The monoisotopic (exact) mass is 319 g/mol. The maximum absolute atomic E-state index is 13.8. The third kappa shape index (κ3) is 3.33. The van der Waals surface area contributed by atoms with Crippen LogP contribution >= 0.6 is 0 Å². The zero-order valence-corrected chi connectivity index (χ0v) is 12.7. The number of sulfonamides is 1. The molecule has 0 radical (unpaired) electrons. The molecular weight excluding hydrogens is 300 g/mol. The Morgan fingerprint density at radius 2 is 1.76 bits per heavy atom. The predicted octanol–water partition coefficient (Wildman–Crippen LogP) is 1.26. The van der Waals surface area contributed by atoms with E-state index in [0.29, 0.717) is 32.2 Å². The first kappa shape index (κ1) is 16.1. The third-order valence-corrected chi connectivity index (χ3v) is 5.45. The molecule has 1 aliphatic heterocycles. The minimum absolute atomic E-state index is 0.291. The smallest absolute Gasteiger partial charge is 0.246 e. The van der Waals surface area contributed by atoms with E-state index in [9.17, 15) is 17.2 Å². The number of halogens is 2. The van der Waals surface area contributed by atoms with Gasteiger partial charge in [-0.25, -0.2) is 17.2 Å². The number of piperazine rings is 1. The summed E-state index contributed by atoms with van der Waals surface area (Å²) in [5.74, 6) is -2.07. The molecule has 0 atom stereocenters. The van der Waals surface area contributed by atoms with E-state index in [1.165, 1.54) is 4.31 Å². The van der Waals surface area contributed by atoms with Gasteiger partial charge in [0.25, 0.3) is 0 Å². The lowest BCUT2D eigenvalue weighted by atomic mass is 10.3. The van der Waals surface area contributed by atoms with Gasteiger partial charge in [-0.3, -0.25) is 0 Å². The summed E-state index contributed by atoms with van der Waals surface area (Å²) in [4.78, 5) is 1.59. The zero-order chi connectivity index (χ0) is 15.6. The van der Waals surface area contributed by atoms with Crippen molar-refractivity contribution in [2.45, 2.75) is 18.2 Å². The quantitative estimate of drug-likeness (QED) is 0.849. The molecular formula is C13H19F2N3O2S. The minimum Gasteiger partial charge on any atom is -0.396 e. The van der Waals surface area contributed by atoms with Gasteiger partial charge in [-0.05, 0) is 19.0 Å². The molecule has 0 saturated carbocycles. The minimum atomic E-state index is -3.99. The van der Waals surface area contributed by atoms with Gasteiger partial charge in [-0.1, -0.05) is 6.92 Å². The summed E-state index contributed by atoms with van der Waals surface area (Å²) < 4.78 is 53.0. The Kier molecular flexibility index (Phi) is 4.80. The van der Waals surface area contributed by atoms with Crippen LogP contribution in [0.4, 0.5) is 14.5 Å². The van der Waals surface area contributed by atoms with Crippen LogP contribution in [0, 0.1) is 11.6 Å². The van der Waals surface area contributed by atoms with Gasteiger partial charge in [0, 0.05) is 32.2 Å². The van der Waals surface area contributed by atoms with Crippen LogP contribution in [-0.2, 0) is 10.0 Å². The van der Waals surface area contributed by atoms with Crippen LogP contribution in [0.15, 0.2) is 17.0 Å². The second kappa shape index (κ2) is 6.25. The average Bonchev–Trinajstić information content (AvgIpc) is 2.43. The summed E-state index contributed by atoms with van der Waals surface area (Å²) in [5.41, 5.74) is 4.97. The lowest BCUT2D eigenvalue weighted by molar-refractivity contribution is 0.188. The molecule has 1 aromatic rings. The Morgan fingerprint density at radius 3 is 2.33 bits per heavy atom. The van der Waals surface area contributed by atoms with Crippen LogP contribution in [0.5, 0.6) is 0 Å². The van der Waals surface area contributed by atoms with E-state index < -0.39 is 26.6 Å². The van der Waals surface area contributed by atoms with E-state index >= 15 is 0 Å². The Labute approximate surface area is 123 Å². The molecule has 0 aromatic heterocycles. The molecule has 1 aliphatic rings. The van der Waals surface area contributed by atoms with Crippen molar-refractivity contribution in [2.75, 3.05) is 38.5 Å². The summed E-state index contributed by atoms with van der Waals surface area (Å²) in [7, 11) is -3.99. The first-order valence-corrected chi connectivity index (χ1v) is 8.27. The summed E-state index contributed by atoms with van der Waals surface area (Å²) in [5, 5.41) is 0. The Bertz CT molecular complexity index is 614. The van der Waals surface area contributed by atoms with E-state index in [4.69, 9.17) is 5.73 Å². The highest BCUT2D eigenvalue weighted by molar-refractivity contribution is 7.89. The molecule has 8 heteroatoms. The zero-order valence-electron chi connectivity index (χ0n) is 11.8. The van der Waals surface area contributed by atoms with Crippen molar-refractivity contribution >= 4 is 15.7 Å². The SMILES string of the molecule is CCCN1CCN(S(=O)(=O)c2cc(N)c(F)cc2F)CC1. The lowest BCUT2D eigenvalue weighted by Crippen LogP contribution is -2.48. The van der Waals surface area contributed by atoms with Gasteiger partial charge < -0.3 is 10.6 Å². The topological polar surface area (TPSA) is 66.6 Å². The van der Waals surface area contributed by atoms with Gasteiger partial charge in [0.05, 0.1) is 5.69 Å². The van der Waals surface area contributed by atoms with Crippen LogP contribution < -0.4 is 5.73 Å². The Morgan fingerprint density at radius 1 is 1.14 bits per heavy atom. The van der Waals surface area contributed by atoms with Crippen LogP contribution in [0.2, 0.25) is 0 Å². The largest absolute Gasteiger partial charge is 0.396 e. The van der Waals surface area contributed by atoms with Crippen molar-refractivity contribution in [1.29, 1.82) is 0 Å².